The number of nitrogens with one attached hydrogen (secondary N) is 1. The molecule has 1 atom stereocenters. The van der Waals surface area contributed by atoms with Crippen LogP contribution in [0.15, 0.2) is 18.2 Å². The molecule has 1 aromatic carbocycles. The number of amides is 1. The van der Waals surface area contributed by atoms with Gasteiger partial charge in [-0.3, -0.25) is 4.79 Å². The second-order valence-electron chi connectivity index (χ2n) is 2.71. The van der Waals surface area contributed by atoms with Crippen LogP contribution in [0.3, 0.4) is 0 Å². The smallest absolute Gasteiger partial charge is 0.242 e. The minimum Gasteiger partial charge on any atom is -0.322 e. The van der Waals surface area contributed by atoms with Crippen LogP contribution in [0, 0.1) is 11.6 Å². The van der Waals surface area contributed by atoms with E-state index in [9.17, 15) is 13.6 Å². The maximum Gasteiger partial charge on any atom is 0.242 e. The number of carbonyl (C=O) groups excluding carboxylic acids is 1. The number of hydrogen-bond acceptors (Lipinski definition) is 1. The van der Waals surface area contributed by atoms with E-state index in [0.29, 0.717) is 0 Å². The highest BCUT2D eigenvalue weighted by Gasteiger charge is 2.13. The molecule has 0 radical (unpaired) electrons. The standard InChI is InChI=1S/C9H8ClF2NO/c1-5(10)9(14)13-7-4-2-3-6(11)8(7)12/h2-5H,1H3,(H,13,14). The first-order valence-electron chi connectivity index (χ1n) is 3.91. The van der Waals surface area contributed by atoms with Crippen LogP contribution >= 0.6 is 11.6 Å². The zero-order chi connectivity index (χ0) is 10.7. The molecule has 0 aliphatic carbocycles. The summed E-state index contributed by atoms with van der Waals surface area (Å²) < 4.78 is 25.7. The molecule has 0 spiro atoms. The van der Waals surface area contributed by atoms with E-state index < -0.39 is 22.9 Å². The molecule has 1 N–H and O–H groups in total. The fraction of sp³-hybridized carbons (Fsp3) is 0.222. The van der Waals surface area contributed by atoms with Crippen molar-refractivity contribution in [2.75, 3.05) is 5.32 Å². The largest absolute Gasteiger partial charge is 0.322 e. The summed E-state index contributed by atoms with van der Waals surface area (Å²) in [6.45, 7) is 1.44. The predicted molar refractivity (Wildman–Crippen MR) is 50.3 cm³/mol. The Morgan fingerprint density at radius 3 is 2.71 bits per heavy atom. The van der Waals surface area contributed by atoms with Gasteiger partial charge in [0, 0.05) is 0 Å². The molecule has 0 aliphatic heterocycles. The van der Waals surface area contributed by atoms with Crippen LogP contribution < -0.4 is 5.32 Å². The minimum atomic E-state index is -1.09. The number of benzene rings is 1. The van der Waals surface area contributed by atoms with Gasteiger partial charge in [0.1, 0.15) is 5.38 Å². The number of anilines is 1. The van der Waals surface area contributed by atoms with Crippen molar-refractivity contribution in [3.05, 3.63) is 29.8 Å². The Labute approximate surface area is 84.9 Å². The molecule has 0 saturated heterocycles. The molecule has 0 bridgehead atoms. The molecule has 14 heavy (non-hydrogen) atoms. The highest BCUT2D eigenvalue weighted by Crippen LogP contribution is 2.16. The third-order valence-electron chi connectivity index (χ3n) is 1.57. The maximum absolute atomic E-state index is 13.0. The van der Waals surface area contributed by atoms with Crippen molar-refractivity contribution in [1.82, 2.24) is 0 Å². The summed E-state index contributed by atoms with van der Waals surface area (Å²) in [4.78, 5) is 11.0. The average Bonchev–Trinajstić information content (AvgIpc) is 2.12. The fourth-order valence-corrected chi connectivity index (χ4v) is 0.887. The van der Waals surface area contributed by atoms with Gasteiger partial charge in [-0.05, 0) is 19.1 Å². The molecule has 5 heteroatoms. The third-order valence-corrected chi connectivity index (χ3v) is 1.77. The van der Waals surface area contributed by atoms with Gasteiger partial charge in [-0.1, -0.05) is 6.07 Å². The monoisotopic (exact) mass is 219 g/mol. The molecule has 76 valence electrons. The van der Waals surface area contributed by atoms with Crippen LogP contribution in [0.1, 0.15) is 6.92 Å². The lowest BCUT2D eigenvalue weighted by atomic mass is 10.3. The number of hydrogen-bond donors (Lipinski definition) is 1. The van der Waals surface area contributed by atoms with Crippen LogP contribution in [0.5, 0.6) is 0 Å². The van der Waals surface area contributed by atoms with Crippen molar-refractivity contribution in [2.45, 2.75) is 12.3 Å². The third kappa shape index (κ3) is 2.42. The van der Waals surface area contributed by atoms with Gasteiger partial charge in [0.25, 0.3) is 0 Å². The van der Waals surface area contributed by atoms with Crippen molar-refractivity contribution in [2.24, 2.45) is 0 Å². The molecule has 0 fully saturated rings. The molecule has 0 heterocycles. The van der Waals surface area contributed by atoms with Crippen molar-refractivity contribution in [1.29, 1.82) is 0 Å². The molecular weight excluding hydrogens is 212 g/mol. The Balaban J connectivity index is 2.87. The van der Waals surface area contributed by atoms with E-state index in [1.54, 1.807) is 0 Å². The molecule has 1 unspecified atom stereocenters. The van der Waals surface area contributed by atoms with Crippen LogP contribution in [-0.4, -0.2) is 11.3 Å². The van der Waals surface area contributed by atoms with Gasteiger partial charge < -0.3 is 5.32 Å². The normalized spacial score (nSPS) is 12.3. The zero-order valence-electron chi connectivity index (χ0n) is 7.35. The second kappa shape index (κ2) is 4.37. The van der Waals surface area contributed by atoms with Gasteiger partial charge in [0.05, 0.1) is 5.69 Å². The van der Waals surface area contributed by atoms with Crippen molar-refractivity contribution >= 4 is 23.2 Å². The lowest BCUT2D eigenvalue weighted by Crippen LogP contribution is -2.21. The van der Waals surface area contributed by atoms with E-state index in [1.165, 1.54) is 19.1 Å². The quantitative estimate of drug-likeness (QED) is 0.761. The summed E-state index contributed by atoms with van der Waals surface area (Å²) in [5.41, 5.74) is -0.206. The van der Waals surface area contributed by atoms with Gasteiger partial charge in [0.15, 0.2) is 11.6 Å². The van der Waals surface area contributed by atoms with E-state index in [4.69, 9.17) is 11.6 Å². The van der Waals surface area contributed by atoms with Crippen LogP contribution in [0.25, 0.3) is 0 Å². The van der Waals surface area contributed by atoms with Crippen molar-refractivity contribution in [3.8, 4) is 0 Å². The summed E-state index contributed by atoms with van der Waals surface area (Å²) in [6.07, 6.45) is 0. The van der Waals surface area contributed by atoms with Crippen LogP contribution in [0.4, 0.5) is 14.5 Å². The molecule has 1 rings (SSSR count). The van der Waals surface area contributed by atoms with Gasteiger partial charge in [0.2, 0.25) is 5.91 Å². The van der Waals surface area contributed by atoms with E-state index in [-0.39, 0.29) is 5.69 Å². The summed E-state index contributed by atoms with van der Waals surface area (Å²) in [5.74, 6) is -2.67. The fourth-order valence-electron chi connectivity index (χ4n) is 0.833. The lowest BCUT2D eigenvalue weighted by molar-refractivity contribution is -0.115. The van der Waals surface area contributed by atoms with Gasteiger partial charge in [-0.15, -0.1) is 11.6 Å². The highest BCUT2D eigenvalue weighted by molar-refractivity contribution is 6.32. The minimum absolute atomic E-state index is 0.206. The topological polar surface area (TPSA) is 29.1 Å². The lowest BCUT2D eigenvalue weighted by Gasteiger charge is -2.07. The SMILES string of the molecule is CC(Cl)C(=O)Nc1cccc(F)c1F. The first-order valence-corrected chi connectivity index (χ1v) is 4.35. The second-order valence-corrected chi connectivity index (χ2v) is 3.36. The van der Waals surface area contributed by atoms with Crippen LogP contribution in [0.2, 0.25) is 0 Å². The van der Waals surface area contributed by atoms with Gasteiger partial charge in [-0.25, -0.2) is 8.78 Å². The summed E-state index contributed by atoms with van der Waals surface area (Å²) in [6, 6.07) is 3.53. The number of carbonyl (C=O) groups is 1. The Morgan fingerprint density at radius 1 is 1.50 bits per heavy atom. The Morgan fingerprint density at radius 2 is 2.14 bits per heavy atom. The Hall–Kier alpha value is -1.16. The van der Waals surface area contributed by atoms with E-state index in [1.807, 2.05) is 0 Å². The highest BCUT2D eigenvalue weighted by atomic mass is 35.5. The number of alkyl halides is 1. The van der Waals surface area contributed by atoms with Gasteiger partial charge in [-0.2, -0.15) is 0 Å². The zero-order valence-corrected chi connectivity index (χ0v) is 8.11. The van der Waals surface area contributed by atoms with Crippen molar-refractivity contribution < 1.29 is 13.6 Å². The molecule has 1 aromatic rings. The van der Waals surface area contributed by atoms with E-state index in [0.717, 1.165) is 6.07 Å². The first kappa shape index (κ1) is 10.9. The maximum atomic E-state index is 13.0. The predicted octanol–water partition coefficient (Wildman–Crippen LogP) is 2.53. The summed E-state index contributed by atoms with van der Waals surface area (Å²) >= 11 is 5.44. The van der Waals surface area contributed by atoms with Crippen molar-refractivity contribution in [3.63, 3.8) is 0 Å². The van der Waals surface area contributed by atoms with E-state index in [2.05, 4.69) is 5.32 Å². The average molecular weight is 220 g/mol. The summed E-state index contributed by atoms with van der Waals surface area (Å²) in [7, 11) is 0. The van der Waals surface area contributed by atoms with E-state index >= 15 is 0 Å². The molecule has 0 aromatic heterocycles. The molecule has 0 saturated carbocycles. The Kier molecular flexibility index (Phi) is 3.41. The molecule has 1 amide bonds. The number of rotatable bonds is 2. The Bertz CT molecular complexity index is 355. The number of halogens is 3. The molecular formula is C9H8ClF2NO. The molecule has 2 nitrogen and oxygen atoms in total. The van der Waals surface area contributed by atoms with Crippen LogP contribution in [-0.2, 0) is 4.79 Å². The molecule has 0 aliphatic rings. The summed E-state index contributed by atoms with van der Waals surface area (Å²) in [5, 5.41) is 1.37. The van der Waals surface area contributed by atoms with Gasteiger partial charge >= 0.3 is 0 Å². The first-order chi connectivity index (χ1) is 6.52.